The number of H-pyrrole nitrogens is 2. The molecule has 0 fully saturated rings. The second-order valence-electron chi connectivity index (χ2n) is 7.74. The maximum Gasteiger partial charge on any atom is 0.272 e. The van der Waals surface area contributed by atoms with E-state index in [2.05, 4.69) is 16.0 Å². The van der Waals surface area contributed by atoms with Gasteiger partial charge < -0.3 is 9.97 Å². The molecule has 2 N–H and O–H groups in total. The molecule has 0 radical (unpaired) electrons. The molecule has 0 amide bonds. The van der Waals surface area contributed by atoms with Crippen LogP contribution in [0.25, 0.3) is 27.4 Å². The fraction of sp³-hybridized carbons (Fsp3) is 0.200. The number of nitrogens with one attached hydrogen (secondary N) is 2. The molecule has 4 nitrogen and oxygen atoms in total. The molecule has 0 saturated heterocycles. The molecule has 144 valence electrons. The van der Waals surface area contributed by atoms with Crippen molar-refractivity contribution < 1.29 is 4.79 Å². The molecule has 0 atom stereocenters. The van der Waals surface area contributed by atoms with Crippen LogP contribution in [0.15, 0.2) is 59.4 Å². The first kappa shape index (κ1) is 17.7. The summed E-state index contributed by atoms with van der Waals surface area (Å²) in [6.07, 6.45) is 6.38. The first-order chi connectivity index (χ1) is 14.1. The fourth-order valence-electron chi connectivity index (χ4n) is 4.43. The quantitative estimate of drug-likeness (QED) is 0.459. The summed E-state index contributed by atoms with van der Waals surface area (Å²) in [7, 11) is 0. The third-order valence-corrected chi connectivity index (χ3v) is 5.90. The van der Waals surface area contributed by atoms with E-state index >= 15 is 0 Å². The number of aromatic nitrogens is 2. The van der Waals surface area contributed by atoms with Gasteiger partial charge in [0.25, 0.3) is 5.56 Å². The minimum atomic E-state index is -0.194. The van der Waals surface area contributed by atoms with Crippen molar-refractivity contribution in [2.24, 2.45) is 0 Å². The summed E-state index contributed by atoms with van der Waals surface area (Å²) in [4.78, 5) is 32.9. The molecule has 1 aliphatic carbocycles. The largest absolute Gasteiger partial charge is 0.350 e. The van der Waals surface area contributed by atoms with E-state index in [-0.39, 0.29) is 11.3 Å². The van der Waals surface area contributed by atoms with Crippen molar-refractivity contribution in [1.82, 2.24) is 9.97 Å². The van der Waals surface area contributed by atoms with Crippen molar-refractivity contribution in [1.29, 1.82) is 0 Å². The molecule has 1 aliphatic rings. The maximum absolute atomic E-state index is 13.8. The van der Waals surface area contributed by atoms with Crippen molar-refractivity contribution in [3.8, 4) is 0 Å². The molecule has 0 saturated carbocycles. The number of hydrogen-bond donors (Lipinski definition) is 2. The number of rotatable bonds is 3. The van der Waals surface area contributed by atoms with Gasteiger partial charge in [0.15, 0.2) is 5.78 Å². The van der Waals surface area contributed by atoms with Gasteiger partial charge in [-0.15, -0.1) is 0 Å². The molecular weight excluding hydrogens is 360 g/mol. The smallest absolute Gasteiger partial charge is 0.272 e. The van der Waals surface area contributed by atoms with Gasteiger partial charge in [0.1, 0.15) is 5.52 Å². The molecule has 0 unspecified atom stereocenters. The van der Waals surface area contributed by atoms with Crippen LogP contribution in [0.4, 0.5) is 0 Å². The lowest BCUT2D eigenvalue weighted by Gasteiger charge is -2.14. The summed E-state index contributed by atoms with van der Waals surface area (Å²) in [6, 6.07) is 15.3. The molecule has 4 aromatic rings. The number of hydrogen-bond acceptors (Lipinski definition) is 2. The van der Waals surface area contributed by atoms with Crippen LogP contribution in [0.1, 0.15) is 52.9 Å². The van der Waals surface area contributed by atoms with E-state index in [1.807, 2.05) is 55.5 Å². The van der Waals surface area contributed by atoms with Gasteiger partial charge in [-0.2, -0.15) is 0 Å². The van der Waals surface area contributed by atoms with Crippen LogP contribution in [0.2, 0.25) is 0 Å². The third kappa shape index (κ3) is 2.83. The van der Waals surface area contributed by atoms with Crippen LogP contribution >= 0.6 is 0 Å². The van der Waals surface area contributed by atoms with Gasteiger partial charge in [0.05, 0.1) is 11.3 Å². The number of carbonyl (C=O) groups is 1. The van der Waals surface area contributed by atoms with Gasteiger partial charge in [-0.3, -0.25) is 9.59 Å². The van der Waals surface area contributed by atoms with E-state index in [4.69, 9.17) is 0 Å². The van der Waals surface area contributed by atoms with Crippen molar-refractivity contribution in [3.05, 3.63) is 87.3 Å². The average molecular weight is 382 g/mol. The van der Waals surface area contributed by atoms with Gasteiger partial charge in [0, 0.05) is 21.9 Å². The summed E-state index contributed by atoms with van der Waals surface area (Å²) < 4.78 is 0. The van der Waals surface area contributed by atoms with Crippen molar-refractivity contribution >= 4 is 33.2 Å². The van der Waals surface area contributed by atoms with Crippen LogP contribution < -0.4 is 5.56 Å². The number of aryl methyl sites for hydroxylation is 1. The van der Waals surface area contributed by atoms with E-state index < -0.39 is 0 Å². The lowest BCUT2D eigenvalue weighted by molar-refractivity contribution is 0.103. The standard InChI is InChI=1S/C25H22N2O2/c1-15-9-5-6-12-17(15)24(28)21-20-18-13-7-8-14-19(18)26-25(29)23(20)27-22(21)16-10-3-2-4-11-16/h5-10,12-14,27H,2-4,11H2,1H3,(H,26,29). The predicted octanol–water partition coefficient (Wildman–Crippen LogP) is 5.51. The molecular formula is C25H22N2O2. The SMILES string of the molecule is Cc1ccccc1C(=O)c1c(C2=CCCCC2)[nH]c2c(=O)[nH]c3ccccc3c12. The zero-order chi connectivity index (χ0) is 20.0. The number of fused-ring (bicyclic) bond motifs is 3. The van der Waals surface area contributed by atoms with Crippen molar-refractivity contribution in [2.75, 3.05) is 0 Å². The van der Waals surface area contributed by atoms with Crippen molar-refractivity contribution in [2.45, 2.75) is 32.6 Å². The second kappa shape index (κ2) is 6.89. The first-order valence-corrected chi connectivity index (χ1v) is 10.1. The Bertz CT molecular complexity index is 1350. The summed E-state index contributed by atoms with van der Waals surface area (Å²) in [5, 5.41) is 1.61. The lowest BCUT2D eigenvalue weighted by atomic mass is 9.90. The van der Waals surface area contributed by atoms with Crippen LogP contribution in [0.3, 0.4) is 0 Å². The van der Waals surface area contributed by atoms with E-state index in [1.54, 1.807) is 0 Å². The molecule has 0 spiro atoms. The Labute approximate surface area is 168 Å². The molecule has 0 bridgehead atoms. The highest BCUT2D eigenvalue weighted by Crippen LogP contribution is 2.36. The summed E-state index contributed by atoms with van der Waals surface area (Å²) >= 11 is 0. The number of allylic oxidation sites excluding steroid dienone is 2. The average Bonchev–Trinajstić information content (AvgIpc) is 3.16. The maximum atomic E-state index is 13.8. The van der Waals surface area contributed by atoms with Gasteiger partial charge in [-0.05, 0) is 49.8 Å². The Balaban J connectivity index is 1.91. The summed E-state index contributed by atoms with van der Waals surface area (Å²) in [5.41, 5.74) is 5.18. The highest BCUT2D eigenvalue weighted by Gasteiger charge is 2.26. The van der Waals surface area contributed by atoms with E-state index in [0.717, 1.165) is 58.8 Å². The lowest BCUT2D eigenvalue weighted by Crippen LogP contribution is -2.08. The Morgan fingerprint density at radius 3 is 2.55 bits per heavy atom. The van der Waals surface area contributed by atoms with E-state index in [1.165, 1.54) is 0 Å². The molecule has 5 rings (SSSR count). The van der Waals surface area contributed by atoms with Crippen LogP contribution in [-0.2, 0) is 0 Å². The molecule has 2 heterocycles. The number of pyridine rings is 1. The van der Waals surface area contributed by atoms with E-state index in [9.17, 15) is 9.59 Å². The minimum Gasteiger partial charge on any atom is -0.350 e. The molecule has 29 heavy (non-hydrogen) atoms. The fourth-order valence-corrected chi connectivity index (χ4v) is 4.43. The minimum absolute atomic E-state index is 0.0356. The zero-order valence-corrected chi connectivity index (χ0v) is 16.3. The second-order valence-corrected chi connectivity index (χ2v) is 7.74. The van der Waals surface area contributed by atoms with Crippen LogP contribution in [0.5, 0.6) is 0 Å². The normalized spacial score (nSPS) is 14.3. The number of aromatic amines is 2. The Morgan fingerprint density at radius 2 is 1.76 bits per heavy atom. The third-order valence-electron chi connectivity index (χ3n) is 5.90. The highest BCUT2D eigenvalue weighted by molar-refractivity contribution is 6.24. The zero-order valence-electron chi connectivity index (χ0n) is 16.3. The monoisotopic (exact) mass is 382 g/mol. The summed E-state index contributed by atoms with van der Waals surface area (Å²) in [6.45, 7) is 1.95. The molecule has 0 aliphatic heterocycles. The number of carbonyl (C=O) groups excluding carboxylic acids is 1. The van der Waals surface area contributed by atoms with E-state index in [0.29, 0.717) is 16.6 Å². The summed E-state index contributed by atoms with van der Waals surface area (Å²) in [5.74, 6) is -0.0356. The Morgan fingerprint density at radius 1 is 0.966 bits per heavy atom. The van der Waals surface area contributed by atoms with Crippen LogP contribution in [0, 0.1) is 6.92 Å². The molecule has 4 heteroatoms. The Kier molecular flexibility index (Phi) is 4.20. The Hall–Kier alpha value is -3.40. The van der Waals surface area contributed by atoms with Gasteiger partial charge in [-0.1, -0.05) is 48.5 Å². The van der Waals surface area contributed by atoms with Gasteiger partial charge >= 0.3 is 0 Å². The predicted molar refractivity (Wildman–Crippen MR) is 117 cm³/mol. The first-order valence-electron chi connectivity index (χ1n) is 10.1. The van der Waals surface area contributed by atoms with Gasteiger partial charge in [0.2, 0.25) is 0 Å². The molecule has 2 aromatic heterocycles. The number of ketones is 1. The highest BCUT2D eigenvalue weighted by atomic mass is 16.1. The topological polar surface area (TPSA) is 65.7 Å². The number of benzene rings is 2. The van der Waals surface area contributed by atoms with Crippen LogP contribution in [-0.4, -0.2) is 15.8 Å². The van der Waals surface area contributed by atoms with Gasteiger partial charge in [-0.25, -0.2) is 0 Å². The van der Waals surface area contributed by atoms with Crippen molar-refractivity contribution in [3.63, 3.8) is 0 Å². The molecule has 2 aromatic carbocycles. The number of para-hydroxylation sites is 1.